The molecule has 1 amide bonds. The number of allylic oxidation sites excluding steroid dienone is 4. The normalized spacial score (nSPS) is 35.5. The predicted octanol–water partition coefficient (Wildman–Crippen LogP) is 10.7. The molecule has 3 fully saturated rings. The Labute approximate surface area is 431 Å². The highest BCUT2D eigenvalue weighted by Crippen LogP contribution is 2.44. The number of nitrogens with zero attached hydrogens (tertiary/aromatic N) is 1. The van der Waals surface area contributed by atoms with Crippen LogP contribution in [0, 0.1) is 29.6 Å². The lowest BCUT2D eigenvalue weighted by molar-refractivity contribution is -0.302. The van der Waals surface area contributed by atoms with Gasteiger partial charge >= 0.3 is 5.97 Å². The fourth-order valence-electron chi connectivity index (χ4n) is 10.8. The van der Waals surface area contributed by atoms with Gasteiger partial charge in [-0.25, -0.2) is 4.79 Å². The van der Waals surface area contributed by atoms with Gasteiger partial charge in [-0.1, -0.05) is 86.1 Å². The Bertz CT molecular complexity index is 1900. The minimum atomic E-state index is -2.56. The molecule has 406 valence electrons. The second kappa shape index (κ2) is 25.0. The lowest BCUT2D eigenvalue weighted by atomic mass is 9.81. The fourth-order valence-corrected chi connectivity index (χ4v) is 13.6. The predicted molar refractivity (Wildman–Crippen MR) is 285 cm³/mol. The number of rotatable bonds is 11. The van der Waals surface area contributed by atoms with Crippen molar-refractivity contribution in [2.45, 2.75) is 238 Å². The van der Waals surface area contributed by atoms with E-state index < -0.39 is 94.4 Å². The van der Waals surface area contributed by atoms with E-state index in [9.17, 15) is 19.5 Å². The summed E-state index contributed by atoms with van der Waals surface area (Å²) in [5.41, 5.74) is 1.83. The minimum absolute atomic E-state index is 0.0114. The van der Waals surface area contributed by atoms with Gasteiger partial charge < -0.3 is 42.5 Å². The number of cyclic esters (lactones) is 1. The van der Waals surface area contributed by atoms with Crippen molar-refractivity contribution in [1.29, 1.82) is 0 Å². The first-order chi connectivity index (χ1) is 32.9. The van der Waals surface area contributed by atoms with E-state index in [4.69, 9.17) is 32.5 Å². The number of carbonyl (C=O) groups is 4. The van der Waals surface area contributed by atoms with Crippen molar-refractivity contribution in [3.05, 3.63) is 36.0 Å². The standard InChI is InChI=1S/C56H97NO12Si2/c1-20-23-41-29-35(2)28-36(3)30-47(64-14)50-48(65-15)32-38(5)56(62,67-50)51(59)52(60)57-27-22-21-24-42(57)53(61)66-49(39(6)45(34-43(41)58)69-71(18,19)55(10,11)12)37(4)31-40-25-26-44(46(33-40)63-13)68-70(16,17)54(7,8)9/h20,29,31,36,38-42,44-50,62H,1,21-28,30,32-34H2,2-19H3/t36-,38-,39-,40+,41+,42+,44-,45+,46-,47-,48+,49-,50-,56-/m1/s1. The summed E-state index contributed by atoms with van der Waals surface area (Å²) in [5, 5.41) is 12.1. The van der Waals surface area contributed by atoms with Gasteiger partial charge in [0.2, 0.25) is 5.79 Å². The smallest absolute Gasteiger partial charge is 0.329 e. The fraction of sp³-hybridized carbons (Fsp3) is 0.821. The monoisotopic (exact) mass is 1030 g/mol. The number of methoxy groups -OCH3 is 3. The molecular formula is C56H97NO12Si2. The van der Waals surface area contributed by atoms with Gasteiger partial charge in [0.1, 0.15) is 24.0 Å². The van der Waals surface area contributed by atoms with Crippen LogP contribution in [0.3, 0.4) is 0 Å². The van der Waals surface area contributed by atoms with Gasteiger partial charge in [0.05, 0.1) is 30.5 Å². The molecule has 2 bridgehead atoms. The molecule has 0 unspecified atom stereocenters. The largest absolute Gasteiger partial charge is 0.456 e. The Kier molecular flexibility index (Phi) is 21.5. The third-order valence-corrected chi connectivity index (χ3v) is 26.3. The molecular weight excluding hydrogens is 935 g/mol. The highest BCUT2D eigenvalue weighted by atomic mass is 28.4. The number of esters is 1. The van der Waals surface area contributed by atoms with E-state index in [0.717, 1.165) is 24.0 Å². The molecule has 0 spiro atoms. The van der Waals surface area contributed by atoms with Gasteiger partial charge in [0.15, 0.2) is 16.6 Å². The van der Waals surface area contributed by atoms with Crippen molar-refractivity contribution in [2.75, 3.05) is 27.9 Å². The van der Waals surface area contributed by atoms with E-state index in [-0.39, 0.29) is 65.7 Å². The van der Waals surface area contributed by atoms with E-state index in [0.29, 0.717) is 38.5 Å². The average Bonchev–Trinajstić information content (AvgIpc) is 3.28. The minimum Gasteiger partial charge on any atom is -0.456 e. The molecule has 0 aromatic carbocycles. The first-order valence-electron chi connectivity index (χ1n) is 26.7. The Balaban J connectivity index is 1.89. The van der Waals surface area contributed by atoms with Crippen LogP contribution in [0.15, 0.2) is 36.0 Å². The Hall–Kier alpha value is -2.35. The number of ether oxygens (including phenoxy) is 5. The van der Waals surface area contributed by atoms with Crippen LogP contribution in [0.1, 0.15) is 147 Å². The van der Waals surface area contributed by atoms with Crippen molar-refractivity contribution in [3.8, 4) is 0 Å². The molecule has 4 aliphatic rings. The number of fused-ring (bicyclic) bond motifs is 3. The van der Waals surface area contributed by atoms with Crippen LogP contribution in [0.25, 0.3) is 0 Å². The van der Waals surface area contributed by atoms with Crippen molar-refractivity contribution in [1.82, 2.24) is 4.90 Å². The summed E-state index contributed by atoms with van der Waals surface area (Å²) in [6, 6.07) is -1.11. The molecule has 0 aromatic rings. The van der Waals surface area contributed by atoms with Crippen LogP contribution >= 0.6 is 0 Å². The van der Waals surface area contributed by atoms with E-state index in [1.165, 1.54) is 4.90 Å². The second-order valence-corrected chi connectivity index (χ2v) is 34.5. The molecule has 1 aliphatic carbocycles. The van der Waals surface area contributed by atoms with Gasteiger partial charge in [-0.2, -0.15) is 0 Å². The maximum Gasteiger partial charge on any atom is 0.329 e. The molecule has 3 heterocycles. The Morgan fingerprint density at radius 1 is 0.817 bits per heavy atom. The zero-order valence-electron chi connectivity index (χ0n) is 47.3. The summed E-state index contributed by atoms with van der Waals surface area (Å²) >= 11 is 0. The SMILES string of the molecule is C=CC[C@H]1C=C(C)C[C@@H](C)C[C@@H](OC)[C@H]2O[C@@](O)(C(=O)C(=O)N3CCCC[C@H]3C(=O)O[C@H](C(C)=C[C@@H]3CC[C@@H](O[Si](C)(C)C(C)(C)C)[C@H](OC)C3)[C@H](C)[C@@H](O[Si](C)(C)C(C)(C)C)CC1=O)[C@H](C)C[C@@H]2OC. The van der Waals surface area contributed by atoms with Gasteiger partial charge in [0, 0.05) is 52.0 Å². The zero-order valence-corrected chi connectivity index (χ0v) is 49.3. The molecule has 0 aromatic heterocycles. The highest BCUT2D eigenvalue weighted by molar-refractivity contribution is 6.74. The molecule has 14 atom stereocenters. The summed E-state index contributed by atoms with van der Waals surface area (Å²) in [6.45, 7) is 36.1. The summed E-state index contributed by atoms with van der Waals surface area (Å²) in [5.74, 6) is -6.99. The Morgan fingerprint density at radius 2 is 1.39 bits per heavy atom. The summed E-state index contributed by atoms with van der Waals surface area (Å²) in [7, 11) is 0.207. The molecule has 15 heteroatoms. The van der Waals surface area contributed by atoms with Crippen LogP contribution in [0.2, 0.25) is 36.3 Å². The number of aliphatic hydroxyl groups is 1. The number of hydrogen-bond acceptors (Lipinski definition) is 12. The average molecular weight is 1030 g/mol. The van der Waals surface area contributed by atoms with Crippen LogP contribution in [-0.4, -0.2) is 133 Å². The van der Waals surface area contributed by atoms with Gasteiger partial charge in [-0.05, 0) is 132 Å². The molecule has 1 N–H and O–H groups in total. The lowest BCUT2D eigenvalue weighted by Crippen LogP contribution is -2.64. The van der Waals surface area contributed by atoms with Crippen LogP contribution in [0.4, 0.5) is 0 Å². The first-order valence-corrected chi connectivity index (χ1v) is 32.6. The van der Waals surface area contributed by atoms with Gasteiger partial charge in [-0.3, -0.25) is 14.4 Å². The third-order valence-electron chi connectivity index (χ3n) is 17.3. The number of carbonyl (C=O) groups excluding carboxylic acids is 4. The number of hydrogen-bond donors (Lipinski definition) is 1. The molecule has 3 aliphatic heterocycles. The molecule has 4 rings (SSSR count). The van der Waals surface area contributed by atoms with Crippen LogP contribution in [-0.2, 0) is 51.7 Å². The molecule has 2 saturated heterocycles. The summed E-state index contributed by atoms with van der Waals surface area (Å²) < 4.78 is 45.4. The first kappa shape index (κ1) is 61.2. The summed E-state index contributed by atoms with van der Waals surface area (Å²) in [6.07, 6.45) is 7.96. The van der Waals surface area contributed by atoms with Crippen LogP contribution < -0.4 is 0 Å². The van der Waals surface area contributed by atoms with Gasteiger partial charge in [-0.15, -0.1) is 6.58 Å². The van der Waals surface area contributed by atoms with E-state index in [1.54, 1.807) is 34.3 Å². The maximum atomic E-state index is 15.0. The third kappa shape index (κ3) is 15.0. The van der Waals surface area contributed by atoms with E-state index >= 15 is 4.79 Å². The quantitative estimate of drug-likeness (QED) is 0.0906. The number of Topliss-reactive ketones (excluding diaryl/α,β-unsaturated/α-hetero) is 2. The van der Waals surface area contributed by atoms with Gasteiger partial charge in [0.25, 0.3) is 11.7 Å². The molecule has 71 heavy (non-hydrogen) atoms. The van der Waals surface area contributed by atoms with Crippen LogP contribution in [0.5, 0.6) is 0 Å². The Morgan fingerprint density at radius 3 is 1.96 bits per heavy atom. The molecule has 1 saturated carbocycles. The molecule has 13 nitrogen and oxygen atoms in total. The van der Waals surface area contributed by atoms with E-state index in [2.05, 4.69) is 93.4 Å². The molecule has 0 radical (unpaired) electrons. The van der Waals surface area contributed by atoms with Crippen molar-refractivity contribution in [3.63, 3.8) is 0 Å². The van der Waals surface area contributed by atoms with Crippen molar-refractivity contribution < 1.29 is 56.8 Å². The number of ketones is 2. The number of piperidine rings is 1. The summed E-state index contributed by atoms with van der Waals surface area (Å²) in [4.78, 5) is 60.4. The van der Waals surface area contributed by atoms with Crippen molar-refractivity contribution >= 4 is 40.1 Å². The number of amides is 1. The maximum absolute atomic E-state index is 15.0. The topological polar surface area (TPSA) is 156 Å². The highest BCUT2D eigenvalue weighted by Gasteiger charge is 2.57. The van der Waals surface area contributed by atoms with Crippen molar-refractivity contribution in [2.24, 2.45) is 29.6 Å². The lowest BCUT2D eigenvalue weighted by Gasteiger charge is -2.47. The zero-order chi connectivity index (χ0) is 53.6. The second-order valence-electron chi connectivity index (χ2n) is 25.0. The van der Waals surface area contributed by atoms with E-state index in [1.807, 2.05) is 20.8 Å².